The maximum absolute atomic E-state index is 12.3. The number of benzene rings is 1. The van der Waals surface area contributed by atoms with E-state index in [1.54, 1.807) is 12.1 Å². The van der Waals surface area contributed by atoms with Crippen molar-refractivity contribution in [1.29, 1.82) is 0 Å². The standard InChI is InChI=1S/C17H18O3/c1-2-7-15(18)14(13-8-4-3-5-9-13)12-16(19)17-10-6-11-20-17/h3-6,8-11,14H,2,7,12H2,1H3. The maximum Gasteiger partial charge on any atom is 0.199 e. The lowest BCUT2D eigenvalue weighted by molar-refractivity contribution is -0.120. The highest BCUT2D eigenvalue weighted by atomic mass is 16.3. The van der Waals surface area contributed by atoms with E-state index in [9.17, 15) is 9.59 Å². The SMILES string of the molecule is CCCC(=O)C(CC(=O)c1ccco1)c1ccccc1. The molecule has 0 fully saturated rings. The van der Waals surface area contributed by atoms with E-state index in [1.807, 2.05) is 37.3 Å². The predicted molar refractivity (Wildman–Crippen MR) is 76.8 cm³/mol. The average molecular weight is 270 g/mol. The second-order valence-electron chi connectivity index (χ2n) is 4.78. The number of Topliss-reactive ketones (excluding diaryl/α,β-unsaturated/α-hetero) is 2. The maximum atomic E-state index is 12.3. The summed E-state index contributed by atoms with van der Waals surface area (Å²) in [7, 11) is 0. The number of carbonyl (C=O) groups is 2. The van der Waals surface area contributed by atoms with Gasteiger partial charge in [0.1, 0.15) is 5.78 Å². The molecule has 1 unspecified atom stereocenters. The first kappa shape index (κ1) is 14.3. The Bertz CT molecular complexity index is 555. The summed E-state index contributed by atoms with van der Waals surface area (Å²) in [5.74, 6) is -0.0871. The largest absolute Gasteiger partial charge is 0.461 e. The van der Waals surface area contributed by atoms with Crippen LogP contribution >= 0.6 is 0 Å². The molecule has 2 rings (SSSR count). The first-order valence-corrected chi connectivity index (χ1v) is 6.86. The van der Waals surface area contributed by atoms with Gasteiger partial charge in [-0.25, -0.2) is 0 Å². The van der Waals surface area contributed by atoms with E-state index in [0.717, 1.165) is 12.0 Å². The quantitative estimate of drug-likeness (QED) is 0.714. The van der Waals surface area contributed by atoms with Crippen LogP contribution in [0.5, 0.6) is 0 Å². The number of furan rings is 1. The predicted octanol–water partition coefficient (Wildman–Crippen LogP) is 4.01. The van der Waals surface area contributed by atoms with Gasteiger partial charge in [-0.05, 0) is 24.1 Å². The van der Waals surface area contributed by atoms with Gasteiger partial charge in [-0.2, -0.15) is 0 Å². The van der Waals surface area contributed by atoms with Crippen molar-refractivity contribution in [2.45, 2.75) is 32.1 Å². The molecule has 1 aromatic carbocycles. The van der Waals surface area contributed by atoms with Gasteiger partial charge in [0.05, 0.1) is 12.2 Å². The molecule has 0 aliphatic carbocycles. The summed E-state index contributed by atoms with van der Waals surface area (Å²) < 4.78 is 5.11. The normalized spacial score (nSPS) is 12.1. The van der Waals surface area contributed by atoms with Crippen LogP contribution in [0.15, 0.2) is 53.1 Å². The van der Waals surface area contributed by atoms with Crippen LogP contribution in [-0.4, -0.2) is 11.6 Å². The fourth-order valence-corrected chi connectivity index (χ4v) is 2.25. The van der Waals surface area contributed by atoms with Gasteiger partial charge < -0.3 is 4.42 Å². The first-order chi connectivity index (χ1) is 9.72. The van der Waals surface area contributed by atoms with Crippen molar-refractivity contribution in [2.24, 2.45) is 0 Å². The minimum atomic E-state index is -0.381. The Hall–Kier alpha value is -2.16. The van der Waals surface area contributed by atoms with E-state index >= 15 is 0 Å². The summed E-state index contributed by atoms with van der Waals surface area (Å²) in [6, 6.07) is 12.8. The van der Waals surface area contributed by atoms with Crippen molar-refractivity contribution >= 4 is 11.6 Å². The van der Waals surface area contributed by atoms with Crippen LogP contribution in [0.4, 0.5) is 0 Å². The van der Waals surface area contributed by atoms with E-state index in [4.69, 9.17) is 4.42 Å². The minimum absolute atomic E-state index is 0.110. The molecule has 0 amide bonds. The zero-order valence-electron chi connectivity index (χ0n) is 11.5. The Morgan fingerprint density at radius 3 is 2.45 bits per heavy atom. The zero-order chi connectivity index (χ0) is 14.4. The molecular formula is C17H18O3. The van der Waals surface area contributed by atoms with Gasteiger partial charge in [0.25, 0.3) is 0 Å². The smallest absolute Gasteiger partial charge is 0.199 e. The van der Waals surface area contributed by atoms with Crippen molar-refractivity contribution in [1.82, 2.24) is 0 Å². The molecule has 0 radical (unpaired) electrons. The molecule has 0 aliphatic rings. The number of hydrogen-bond donors (Lipinski definition) is 0. The molecule has 0 N–H and O–H groups in total. The van der Waals surface area contributed by atoms with E-state index in [2.05, 4.69) is 0 Å². The fourth-order valence-electron chi connectivity index (χ4n) is 2.25. The zero-order valence-corrected chi connectivity index (χ0v) is 11.5. The van der Waals surface area contributed by atoms with Gasteiger partial charge in [-0.1, -0.05) is 37.3 Å². The van der Waals surface area contributed by atoms with Gasteiger partial charge in [0, 0.05) is 12.8 Å². The van der Waals surface area contributed by atoms with Gasteiger partial charge in [0.15, 0.2) is 11.5 Å². The van der Waals surface area contributed by atoms with E-state index < -0.39 is 0 Å². The summed E-state index contributed by atoms with van der Waals surface area (Å²) >= 11 is 0. The van der Waals surface area contributed by atoms with Gasteiger partial charge >= 0.3 is 0 Å². The van der Waals surface area contributed by atoms with Crippen LogP contribution in [0.2, 0.25) is 0 Å². The summed E-state index contributed by atoms with van der Waals surface area (Å²) in [5, 5.41) is 0. The Labute approximate surface area is 118 Å². The third kappa shape index (κ3) is 3.44. The number of carbonyl (C=O) groups excluding carboxylic acids is 2. The molecule has 0 spiro atoms. The second-order valence-corrected chi connectivity index (χ2v) is 4.78. The Kier molecular flexibility index (Phi) is 4.88. The number of ketones is 2. The van der Waals surface area contributed by atoms with Crippen LogP contribution in [0.1, 0.15) is 48.2 Å². The van der Waals surface area contributed by atoms with Crippen molar-refractivity contribution in [3.05, 3.63) is 60.1 Å². The van der Waals surface area contributed by atoms with Gasteiger partial charge in [-0.3, -0.25) is 9.59 Å². The Balaban J connectivity index is 2.19. The highest BCUT2D eigenvalue weighted by Gasteiger charge is 2.24. The summed E-state index contributed by atoms with van der Waals surface area (Å²) in [6.07, 6.45) is 2.91. The highest BCUT2D eigenvalue weighted by molar-refractivity contribution is 5.98. The molecular weight excluding hydrogens is 252 g/mol. The lowest BCUT2D eigenvalue weighted by atomic mass is 9.87. The molecule has 0 bridgehead atoms. The molecule has 3 heteroatoms. The molecule has 0 saturated heterocycles. The molecule has 0 saturated carbocycles. The van der Waals surface area contributed by atoms with Crippen LogP contribution in [0.25, 0.3) is 0 Å². The fraction of sp³-hybridized carbons (Fsp3) is 0.294. The molecule has 1 aromatic heterocycles. The van der Waals surface area contributed by atoms with Crippen LogP contribution in [0.3, 0.4) is 0 Å². The molecule has 1 heterocycles. The Morgan fingerprint density at radius 1 is 1.10 bits per heavy atom. The summed E-state index contributed by atoms with van der Waals surface area (Å²) in [5.41, 5.74) is 0.894. The van der Waals surface area contributed by atoms with Crippen LogP contribution < -0.4 is 0 Å². The first-order valence-electron chi connectivity index (χ1n) is 6.86. The second kappa shape index (κ2) is 6.85. The van der Waals surface area contributed by atoms with E-state index in [-0.39, 0.29) is 23.9 Å². The van der Waals surface area contributed by atoms with Crippen molar-refractivity contribution in [2.75, 3.05) is 0 Å². The van der Waals surface area contributed by atoms with Gasteiger partial charge in [-0.15, -0.1) is 0 Å². The minimum Gasteiger partial charge on any atom is -0.461 e. The van der Waals surface area contributed by atoms with Crippen LogP contribution in [0, 0.1) is 0 Å². The molecule has 2 aromatic rings. The van der Waals surface area contributed by atoms with Crippen molar-refractivity contribution in [3.63, 3.8) is 0 Å². The highest BCUT2D eigenvalue weighted by Crippen LogP contribution is 2.24. The summed E-state index contributed by atoms with van der Waals surface area (Å²) in [6.45, 7) is 1.97. The number of rotatable bonds is 7. The Morgan fingerprint density at radius 2 is 1.85 bits per heavy atom. The third-order valence-electron chi connectivity index (χ3n) is 3.27. The van der Waals surface area contributed by atoms with Crippen molar-refractivity contribution in [3.8, 4) is 0 Å². The lowest BCUT2D eigenvalue weighted by Gasteiger charge is -2.14. The topological polar surface area (TPSA) is 47.3 Å². The molecule has 20 heavy (non-hydrogen) atoms. The molecule has 104 valence electrons. The average Bonchev–Trinajstić information content (AvgIpc) is 3.00. The molecule has 1 atom stereocenters. The third-order valence-corrected chi connectivity index (χ3v) is 3.27. The van der Waals surface area contributed by atoms with Crippen molar-refractivity contribution < 1.29 is 14.0 Å². The lowest BCUT2D eigenvalue weighted by Crippen LogP contribution is -2.16. The monoisotopic (exact) mass is 270 g/mol. The van der Waals surface area contributed by atoms with Crippen LogP contribution in [-0.2, 0) is 4.79 Å². The van der Waals surface area contributed by atoms with E-state index in [0.29, 0.717) is 12.2 Å². The molecule has 3 nitrogen and oxygen atoms in total. The van der Waals surface area contributed by atoms with Gasteiger partial charge in [0.2, 0.25) is 0 Å². The molecule has 0 aliphatic heterocycles. The number of hydrogen-bond acceptors (Lipinski definition) is 3. The summed E-state index contributed by atoms with van der Waals surface area (Å²) in [4.78, 5) is 24.4. The van der Waals surface area contributed by atoms with E-state index in [1.165, 1.54) is 6.26 Å².